The normalized spacial score (nSPS) is 15.4. The van der Waals surface area contributed by atoms with E-state index in [1.807, 2.05) is 11.8 Å². The maximum absolute atomic E-state index is 13.9. The zero-order chi connectivity index (χ0) is 19.4. The maximum Gasteiger partial charge on any atom is 0.283 e. The number of nitro groups is 1. The van der Waals surface area contributed by atoms with Crippen molar-refractivity contribution >= 4 is 5.70 Å². The molecule has 1 aromatic heterocycles. The van der Waals surface area contributed by atoms with Crippen molar-refractivity contribution < 1.29 is 9.31 Å². The first kappa shape index (κ1) is 19.0. The minimum absolute atomic E-state index is 0.182. The molecular weight excluding hydrogens is 349 g/mol. The first-order valence-electron chi connectivity index (χ1n) is 9.14. The summed E-state index contributed by atoms with van der Waals surface area (Å²) in [6.07, 6.45) is 4.32. The van der Waals surface area contributed by atoms with E-state index >= 15 is 0 Å². The van der Waals surface area contributed by atoms with E-state index in [1.54, 1.807) is 35.3 Å². The Kier molecular flexibility index (Phi) is 5.85. The smallest absolute Gasteiger partial charge is 0.283 e. The lowest BCUT2D eigenvalue weighted by Crippen LogP contribution is -2.44. The van der Waals surface area contributed by atoms with Crippen molar-refractivity contribution in [3.05, 3.63) is 69.4 Å². The van der Waals surface area contributed by atoms with Crippen LogP contribution in [0.4, 0.5) is 4.39 Å². The highest BCUT2D eigenvalue weighted by Gasteiger charge is 2.32. The zero-order valence-electron chi connectivity index (χ0n) is 15.6. The summed E-state index contributed by atoms with van der Waals surface area (Å²) in [5, 5.41) is 16.0. The van der Waals surface area contributed by atoms with Gasteiger partial charge in [-0.25, -0.2) is 4.39 Å². The fraction of sp³-hybridized carbons (Fsp3) is 0.421. The minimum Gasteiger partial charge on any atom is -0.353 e. The van der Waals surface area contributed by atoms with Crippen LogP contribution >= 0.6 is 0 Å². The van der Waals surface area contributed by atoms with Crippen LogP contribution in [0.1, 0.15) is 31.4 Å². The molecular formula is C19H24FN5O2. The predicted molar refractivity (Wildman–Crippen MR) is 101 cm³/mol. The summed E-state index contributed by atoms with van der Waals surface area (Å²) in [6.45, 7) is 6.76. The number of halogens is 1. The number of hydrogen-bond acceptors (Lipinski definition) is 5. The van der Waals surface area contributed by atoms with Gasteiger partial charge in [0.2, 0.25) is 0 Å². The van der Waals surface area contributed by atoms with E-state index in [1.165, 1.54) is 6.07 Å². The Labute approximate surface area is 157 Å². The van der Waals surface area contributed by atoms with Gasteiger partial charge in [0.1, 0.15) is 11.5 Å². The van der Waals surface area contributed by atoms with Crippen molar-refractivity contribution in [3.8, 4) is 0 Å². The Bertz CT molecular complexity index is 848. The zero-order valence-corrected chi connectivity index (χ0v) is 15.6. The number of hydrogen-bond donors (Lipinski definition) is 0. The molecule has 7 nitrogen and oxygen atoms in total. The molecule has 2 aromatic rings. The molecule has 1 aliphatic rings. The summed E-state index contributed by atoms with van der Waals surface area (Å²) in [5.74, 6) is -0.289. The number of rotatable bonds is 7. The van der Waals surface area contributed by atoms with E-state index in [0.29, 0.717) is 36.6 Å². The third-order valence-electron chi connectivity index (χ3n) is 4.67. The second-order valence-electron chi connectivity index (χ2n) is 6.62. The molecule has 0 aliphatic carbocycles. The standard InChI is InChI=1S/C19H24FN5O2/c1-3-9-22-13-18(25(26)27)19(23(4-2)14-22)16-10-21-24(12-16)11-15-7-5-6-8-17(15)20/h5-8,10,12H,3-4,9,11,13-14H2,1-2H3. The number of benzene rings is 1. The van der Waals surface area contributed by atoms with Crippen molar-refractivity contribution in [2.75, 3.05) is 26.3 Å². The topological polar surface area (TPSA) is 67.4 Å². The van der Waals surface area contributed by atoms with Gasteiger partial charge in [0.05, 0.1) is 30.9 Å². The number of aromatic nitrogens is 2. The van der Waals surface area contributed by atoms with Crippen LogP contribution < -0.4 is 0 Å². The van der Waals surface area contributed by atoms with Gasteiger partial charge in [-0.15, -0.1) is 0 Å². The summed E-state index contributed by atoms with van der Waals surface area (Å²) in [7, 11) is 0. The number of nitrogens with zero attached hydrogens (tertiary/aromatic N) is 5. The molecule has 144 valence electrons. The van der Waals surface area contributed by atoms with Crippen molar-refractivity contribution in [1.29, 1.82) is 0 Å². The highest BCUT2D eigenvalue weighted by molar-refractivity contribution is 5.65. The molecule has 0 saturated carbocycles. The lowest BCUT2D eigenvalue weighted by molar-refractivity contribution is -0.429. The first-order chi connectivity index (χ1) is 13.0. The molecule has 27 heavy (non-hydrogen) atoms. The average Bonchev–Trinajstić information content (AvgIpc) is 3.11. The van der Waals surface area contributed by atoms with Crippen LogP contribution in [-0.4, -0.2) is 50.8 Å². The van der Waals surface area contributed by atoms with Gasteiger partial charge < -0.3 is 4.90 Å². The molecule has 8 heteroatoms. The van der Waals surface area contributed by atoms with Gasteiger partial charge in [0.15, 0.2) is 0 Å². The molecule has 0 N–H and O–H groups in total. The molecule has 0 bridgehead atoms. The highest BCUT2D eigenvalue weighted by Crippen LogP contribution is 2.28. The fourth-order valence-electron chi connectivity index (χ4n) is 3.42. The van der Waals surface area contributed by atoms with Crippen LogP contribution in [0.2, 0.25) is 0 Å². The van der Waals surface area contributed by atoms with E-state index in [-0.39, 0.29) is 23.0 Å². The van der Waals surface area contributed by atoms with Gasteiger partial charge in [-0.1, -0.05) is 25.1 Å². The summed E-state index contributed by atoms with van der Waals surface area (Å²) >= 11 is 0. The molecule has 0 atom stereocenters. The Morgan fingerprint density at radius 1 is 1.30 bits per heavy atom. The van der Waals surface area contributed by atoms with E-state index in [4.69, 9.17) is 0 Å². The molecule has 0 fully saturated rings. The van der Waals surface area contributed by atoms with Gasteiger partial charge in [-0.05, 0) is 19.4 Å². The van der Waals surface area contributed by atoms with E-state index < -0.39 is 0 Å². The van der Waals surface area contributed by atoms with Gasteiger partial charge in [-0.3, -0.25) is 19.7 Å². The van der Waals surface area contributed by atoms with E-state index in [0.717, 1.165) is 13.0 Å². The highest BCUT2D eigenvalue weighted by atomic mass is 19.1. The molecule has 1 aliphatic heterocycles. The Morgan fingerprint density at radius 2 is 2.07 bits per heavy atom. The van der Waals surface area contributed by atoms with Crippen LogP contribution in [0.15, 0.2) is 42.4 Å². The van der Waals surface area contributed by atoms with Crippen molar-refractivity contribution in [2.45, 2.75) is 26.8 Å². The van der Waals surface area contributed by atoms with E-state index in [2.05, 4.69) is 16.9 Å². The van der Waals surface area contributed by atoms with Crippen LogP contribution in [-0.2, 0) is 6.54 Å². The van der Waals surface area contributed by atoms with Gasteiger partial charge in [0, 0.05) is 30.4 Å². The lowest BCUT2D eigenvalue weighted by atomic mass is 10.1. The van der Waals surface area contributed by atoms with Gasteiger partial charge >= 0.3 is 0 Å². The van der Waals surface area contributed by atoms with Gasteiger partial charge in [0.25, 0.3) is 5.70 Å². The average molecular weight is 373 g/mol. The second kappa shape index (κ2) is 8.30. The fourth-order valence-corrected chi connectivity index (χ4v) is 3.42. The summed E-state index contributed by atoms with van der Waals surface area (Å²) in [6, 6.07) is 6.54. The van der Waals surface area contributed by atoms with Crippen LogP contribution in [0.5, 0.6) is 0 Å². The van der Waals surface area contributed by atoms with Crippen LogP contribution in [0, 0.1) is 15.9 Å². The maximum atomic E-state index is 13.9. The third-order valence-corrected chi connectivity index (χ3v) is 4.67. The molecule has 3 rings (SSSR count). The molecule has 0 saturated heterocycles. The summed E-state index contributed by atoms with van der Waals surface area (Å²) in [4.78, 5) is 15.5. The molecule has 0 radical (unpaired) electrons. The Hall–Kier alpha value is -2.74. The second-order valence-corrected chi connectivity index (χ2v) is 6.62. The first-order valence-corrected chi connectivity index (χ1v) is 9.14. The SMILES string of the molecule is CCCN1CC([N+](=O)[O-])=C(c2cnn(Cc3ccccc3F)c2)N(CC)C1. The van der Waals surface area contributed by atoms with Crippen LogP contribution in [0.25, 0.3) is 5.70 Å². The summed E-state index contributed by atoms with van der Waals surface area (Å²) < 4.78 is 15.5. The monoisotopic (exact) mass is 373 g/mol. The van der Waals surface area contributed by atoms with Gasteiger partial charge in [-0.2, -0.15) is 5.10 Å². The minimum atomic E-state index is -0.298. The molecule has 0 unspecified atom stereocenters. The van der Waals surface area contributed by atoms with Crippen molar-refractivity contribution in [1.82, 2.24) is 19.6 Å². The predicted octanol–water partition coefficient (Wildman–Crippen LogP) is 3.02. The lowest BCUT2D eigenvalue weighted by Gasteiger charge is -2.36. The third kappa shape index (κ3) is 4.16. The Balaban J connectivity index is 1.93. The molecule has 0 amide bonds. The molecule has 2 heterocycles. The van der Waals surface area contributed by atoms with Crippen molar-refractivity contribution in [3.63, 3.8) is 0 Å². The summed E-state index contributed by atoms with van der Waals surface area (Å²) in [5.41, 5.74) is 2.01. The Morgan fingerprint density at radius 3 is 2.74 bits per heavy atom. The van der Waals surface area contributed by atoms with E-state index in [9.17, 15) is 14.5 Å². The van der Waals surface area contributed by atoms with Crippen LogP contribution in [0.3, 0.4) is 0 Å². The molecule has 0 spiro atoms. The largest absolute Gasteiger partial charge is 0.353 e. The van der Waals surface area contributed by atoms with Crippen molar-refractivity contribution in [2.24, 2.45) is 0 Å². The quantitative estimate of drug-likeness (QED) is 0.551. The molecule has 1 aromatic carbocycles.